The minimum atomic E-state index is 0.103. The molecular formula is C15H11O. The molecule has 0 aromatic heterocycles. The van der Waals surface area contributed by atoms with E-state index in [2.05, 4.69) is 12.1 Å². The first kappa shape index (κ1) is 9.22. The highest BCUT2D eigenvalue weighted by Gasteiger charge is 2.05. The largest absolute Gasteiger partial charge is 0.289 e. The van der Waals surface area contributed by atoms with Gasteiger partial charge in [-0.15, -0.1) is 0 Å². The lowest BCUT2D eigenvalue weighted by atomic mass is 10.00. The van der Waals surface area contributed by atoms with Crippen LogP contribution in [0.4, 0.5) is 0 Å². The molecule has 0 heterocycles. The van der Waals surface area contributed by atoms with Crippen molar-refractivity contribution < 1.29 is 5.11 Å². The molecule has 77 valence electrons. The van der Waals surface area contributed by atoms with Crippen LogP contribution in [0.1, 0.15) is 5.56 Å². The van der Waals surface area contributed by atoms with E-state index in [1.165, 1.54) is 5.39 Å². The molecule has 0 N–H and O–H groups in total. The van der Waals surface area contributed by atoms with Crippen LogP contribution in [0.3, 0.4) is 0 Å². The summed E-state index contributed by atoms with van der Waals surface area (Å²) in [7, 11) is 0. The first-order chi connectivity index (χ1) is 7.75. The van der Waals surface area contributed by atoms with Gasteiger partial charge in [-0.1, -0.05) is 30.3 Å². The van der Waals surface area contributed by atoms with Gasteiger partial charge < -0.3 is 0 Å². The lowest BCUT2D eigenvalue weighted by Gasteiger charge is -2.05. The van der Waals surface area contributed by atoms with Gasteiger partial charge in [0.1, 0.15) is 0 Å². The Bertz CT molecular complexity index is 623. The summed E-state index contributed by atoms with van der Waals surface area (Å²) >= 11 is 0. The normalized spacial score (nSPS) is 11.1. The van der Waals surface area contributed by atoms with Gasteiger partial charge in [-0.2, -0.15) is 0 Å². The molecule has 3 aromatic carbocycles. The molecule has 0 spiro atoms. The average molecular weight is 207 g/mol. The first-order valence-corrected chi connectivity index (χ1v) is 5.35. The van der Waals surface area contributed by atoms with Crippen LogP contribution in [-0.2, 0) is 5.11 Å². The fourth-order valence-corrected chi connectivity index (χ4v) is 2.15. The van der Waals surface area contributed by atoms with Gasteiger partial charge in [-0.25, -0.2) is 0 Å². The fourth-order valence-electron chi connectivity index (χ4n) is 2.15. The van der Waals surface area contributed by atoms with E-state index >= 15 is 0 Å². The Morgan fingerprint density at radius 3 is 2.12 bits per heavy atom. The predicted octanol–water partition coefficient (Wildman–Crippen LogP) is 4.45. The number of hydrogen-bond acceptors (Lipinski definition) is 0. The summed E-state index contributed by atoms with van der Waals surface area (Å²) in [4.78, 5) is 0. The summed E-state index contributed by atoms with van der Waals surface area (Å²) in [6.45, 7) is 2.04. The lowest BCUT2D eigenvalue weighted by Crippen LogP contribution is -1.80. The van der Waals surface area contributed by atoms with Gasteiger partial charge in [0.2, 0.25) is 0 Å². The first-order valence-electron chi connectivity index (χ1n) is 5.35. The van der Waals surface area contributed by atoms with E-state index in [-0.39, 0.29) is 5.75 Å². The summed E-state index contributed by atoms with van der Waals surface area (Å²) in [6.07, 6.45) is 0. The summed E-state index contributed by atoms with van der Waals surface area (Å²) in [5, 5.41) is 16.0. The highest BCUT2D eigenvalue weighted by atomic mass is 16.3. The van der Waals surface area contributed by atoms with Crippen molar-refractivity contribution >= 4 is 21.5 Å². The second-order valence-corrected chi connectivity index (χ2v) is 4.13. The SMILES string of the molecule is Cc1ccc([O])c2cc3ccccc3cc12. The van der Waals surface area contributed by atoms with Gasteiger partial charge in [0.05, 0.1) is 0 Å². The van der Waals surface area contributed by atoms with Crippen molar-refractivity contribution in [3.8, 4) is 5.75 Å². The summed E-state index contributed by atoms with van der Waals surface area (Å²) in [5.74, 6) is 0.103. The summed E-state index contributed by atoms with van der Waals surface area (Å²) in [5.41, 5.74) is 1.15. The molecule has 3 rings (SSSR count). The summed E-state index contributed by atoms with van der Waals surface area (Å²) in [6, 6.07) is 15.7. The minimum absolute atomic E-state index is 0.103. The fraction of sp³-hybridized carbons (Fsp3) is 0.0667. The number of rotatable bonds is 0. The Balaban J connectivity index is 2.56. The smallest absolute Gasteiger partial charge is 0.186 e. The van der Waals surface area contributed by atoms with Gasteiger partial charge in [0.25, 0.3) is 0 Å². The van der Waals surface area contributed by atoms with Crippen molar-refractivity contribution in [3.63, 3.8) is 0 Å². The quantitative estimate of drug-likeness (QED) is 0.485. The van der Waals surface area contributed by atoms with Crippen LogP contribution in [-0.4, -0.2) is 0 Å². The van der Waals surface area contributed by atoms with Crippen LogP contribution in [0.5, 0.6) is 5.75 Å². The van der Waals surface area contributed by atoms with E-state index in [1.807, 2.05) is 37.3 Å². The second kappa shape index (κ2) is 3.24. The van der Waals surface area contributed by atoms with Gasteiger partial charge in [-0.05, 0) is 46.8 Å². The highest BCUT2D eigenvalue weighted by Crippen LogP contribution is 2.31. The Hall–Kier alpha value is -2.02. The predicted molar refractivity (Wildman–Crippen MR) is 66.3 cm³/mol. The van der Waals surface area contributed by atoms with Crippen molar-refractivity contribution in [2.24, 2.45) is 0 Å². The molecule has 0 bridgehead atoms. The van der Waals surface area contributed by atoms with E-state index in [0.717, 1.165) is 21.7 Å². The second-order valence-electron chi connectivity index (χ2n) is 4.13. The molecule has 0 aliphatic rings. The molecule has 0 saturated heterocycles. The number of benzene rings is 3. The third-order valence-electron chi connectivity index (χ3n) is 3.06. The maximum atomic E-state index is 11.8. The molecule has 1 radical (unpaired) electrons. The minimum Gasteiger partial charge on any atom is -0.289 e. The molecule has 0 amide bonds. The molecular weight excluding hydrogens is 196 g/mol. The zero-order valence-corrected chi connectivity index (χ0v) is 9.03. The Morgan fingerprint density at radius 1 is 0.812 bits per heavy atom. The Morgan fingerprint density at radius 2 is 1.44 bits per heavy atom. The molecule has 0 saturated carbocycles. The van der Waals surface area contributed by atoms with Crippen LogP contribution < -0.4 is 0 Å². The van der Waals surface area contributed by atoms with E-state index in [4.69, 9.17) is 0 Å². The van der Waals surface area contributed by atoms with Crippen LogP contribution in [0.2, 0.25) is 0 Å². The van der Waals surface area contributed by atoms with Crippen molar-refractivity contribution in [1.29, 1.82) is 0 Å². The van der Waals surface area contributed by atoms with Gasteiger partial charge in [-0.3, -0.25) is 5.11 Å². The molecule has 3 aromatic rings. The lowest BCUT2D eigenvalue weighted by molar-refractivity contribution is 0.360. The number of fused-ring (bicyclic) bond motifs is 2. The summed E-state index contributed by atoms with van der Waals surface area (Å²) < 4.78 is 0. The van der Waals surface area contributed by atoms with E-state index in [0.29, 0.717) is 0 Å². The van der Waals surface area contributed by atoms with Crippen LogP contribution in [0.15, 0.2) is 48.5 Å². The van der Waals surface area contributed by atoms with Gasteiger partial charge in [0.15, 0.2) is 5.75 Å². The standard InChI is InChI=1S/C15H11O/c1-10-6-7-15(16)14-9-12-5-3-2-4-11(12)8-13(10)14/h2-9H,1H3. The van der Waals surface area contributed by atoms with E-state index in [1.54, 1.807) is 6.07 Å². The van der Waals surface area contributed by atoms with Gasteiger partial charge >= 0.3 is 0 Å². The van der Waals surface area contributed by atoms with Crippen LogP contribution in [0.25, 0.3) is 21.5 Å². The monoisotopic (exact) mass is 207 g/mol. The van der Waals surface area contributed by atoms with Crippen molar-refractivity contribution in [2.45, 2.75) is 6.92 Å². The Kier molecular flexibility index (Phi) is 1.87. The van der Waals surface area contributed by atoms with Gasteiger partial charge in [0, 0.05) is 5.39 Å². The van der Waals surface area contributed by atoms with Crippen LogP contribution >= 0.6 is 0 Å². The topological polar surface area (TPSA) is 19.9 Å². The zero-order valence-electron chi connectivity index (χ0n) is 9.03. The Labute approximate surface area is 94.0 Å². The molecule has 0 fully saturated rings. The zero-order chi connectivity index (χ0) is 11.1. The third-order valence-corrected chi connectivity index (χ3v) is 3.06. The number of aryl methyl sites for hydroxylation is 1. The van der Waals surface area contributed by atoms with Crippen molar-refractivity contribution in [2.75, 3.05) is 0 Å². The molecule has 1 nitrogen and oxygen atoms in total. The molecule has 0 unspecified atom stereocenters. The molecule has 0 aliphatic heterocycles. The molecule has 0 atom stereocenters. The number of hydrogen-bond donors (Lipinski definition) is 0. The van der Waals surface area contributed by atoms with E-state index in [9.17, 15) is 5.11 Å². The third kappa shape index (κ3) is 1.25. The van der Waals surface area contributed by atoms with E-state index < -0.39 is 0 Å². The van der Waals surface area contributed by atoms with Crippen molar-refractivity contribution in [1.82, 2.24) is 0 Å². The van der Waals surface area contributed by atoms with Crippen molar-refractivity contribution in [3.05, 3.63) is 54.1 Å². The molecule has 0 aliphatic carbocycles. The maximum Gasteiger partial charge on any atom is 0.186 e. The maximum absolute atomic E-state index is 11.8. The molecule has 16 heavy (non-hydrogen) atoms. The highest BCUT2D eigenvalue weighted by molar-refractivity contribution is 6.02. The van der Waals surface area contributed by atoms with Crippen LogP contribution in [0, 0.1) is 6.92 Å². The molecule has 1 heteroatoms. The average Bonchev–Trinajstić information content (AvgIpc) is 2.32.